The van der Waals surface area contributed by atoms with Gasteiger partial charge in [-0.05, 0) is 18.2 Å². The molecule has 0 saturated carbocycles. The highest BCUT2D eigenvalue weighted by molar-refractivity contribution is 5.58. The van der Waals surface area contributed by atoms with E-state index in [-0.39, 0.29) is 0 Å². The van der Waals surface area contributed by atoms with Gasteiger partial charge in [-0.3, -0.25) is 9.67 Å². The first-order valence-corrected chi connectivity index (χ1v) is 5.17. The molecule has 0 unspecified atom stereocenters. The maximum Gasteiger partial charge on any atom is 0.435 e. The van der Waals surface area contributed by atoms with Crippen LogP contribution < -0.4 is 5.32 Å². The Bertz CT molecular complexity index is 542. The third kappa shape index (κ3) is 2.29. The smallest absolute Gasteiger partial charge is 0.387 e. The highest BCUT2D eigenvalue weighted by Gasteiger charge is 2.34. The molecule has 0 bridgehead atoms. The summed E-state index contributed by atoms with van der Waals surface area (Å²) < 4.78 is 38.7. The summed E-state index contributed by atoms with van der Waals surface area (Å²) in [5.41, 5.74) is 0.640. The predicted molar refractivity (Wildman–Crippen MR) is 61.0 cm³/mol. The largest absolute Gasteiger partial charge is 0.435 e. The summed E-state index contributed by atoms with van der Waals surface area (Å²) in [6.07, 6.45) is -2.89. The minimum Gasteiger partial charge on any atom is -0.387 e. The van der Waals surface area contributed by atoms with Crippen LogP contribution >= 0.6 is 0 Å². The highest BCUT2D eigenvalue weighted by atomic mass is 19.4. The van der Waals surface area contributed by atoms with E-state index in [1.54, 1.807) is 25.4 Å². The van der Waals surface area contributed by atoms with Gasteiger partial charge in [0.2, 0.25) is 0 Å². The van der Waals surface area contributed by atoms with Crippen LogP contribution in [0.2, 0.25) is 0 Å². The number of rotatable bonds is 2. The molecular weight excluding hydrogens is 245 g/mol. The van der Waals surface area contributed by atoms with E-state index in [4.69, 9.17) is 0 Å². The maximum absolute atomic E-state index is 12.5. The van der Waals surface area contributed by atoms with Crippen molar-refractivity contribution >= 4 is 5.69 Å². The van der Waals surface area contributed by atoms with Crippen molar-refractivity contribution in [2.24, 2.45) is 7.05 Å². The van der Waals surface area contributed by atoms with Gasteiger partial charge >= 0.3 is 6.18 Å². The molecule has 0 aromatic carbocycles. The fourth-order valence-corrected chi connectivity index (χ4v) is 1.54. The van der Waals surface area contributed by atoms with Crippen molar-refractivity contribution in [3.05, 3.63) is 30.1 Å². The van der Waals surface area contributed by atoms with E-state index in [1.807, 2.05) is 0 Å². The van der Waals surface area contributed by atoms with Gasteiger partial charge in [-0.1, -0.05) is 0 Å². The number of pyridine rings is 1. The number of aromatic nitrogens is 3. The lowest BCUT2D eigenvalue weighted by Gasteiger charge is -2.02. The molecule has 0 aliphatic rings. The van der Waals surface area contributed by atoms with Crippen LogP contribution in [0.3, 0.4) is 0 Å². The third-order valence-electron chi connectivity index (χ3n) is 2.48. The van der Waals surface area contributed by atoms with Crippen LogP contribution in [0.15, 0.2) is 24.4 Å². The highest BCUT2D eigenvalue weighted by Crippen LogP contribution is 2.30. The minimum absolute atomic E-state index is 0.324. The van der Waals surface area contributed by atoms with E-state index in [2.05, 4.69) is 15.4 Å². The Morgan fingerprint density at radius 2 is 2.00 bits per heavy atom. The van der Waals surface area contributed by atoms with Crippen LogP contribution in [0.5, 0.6) is 0 Å². The predicted octanol–water partition coefficient (Wildman–Crippen LogP) is 2.54. The Labute approximate surface area is 101 Å². The number of aryl methyl sites for hydroxylation is 1. The van der Waals surface area contributed by atoms with Gasteiger partial charge in [-0.25, -0.2) is 0 Å². The van der Waals surface area contributed by atoms with Crippen molar-refractivity contribution in [2.45, 2.75) is 6.18 Å². The van der Waals surface area contributed by atoms with Gasteiger partial charge in [0.1, 0.15) is 0 Å². The van der Waals surface area contributed by atoms with E-state index < -0.39 is 11.9 Å². The molecule has 0 amide bonds. The number of hydrogen-bond acceptors (Lipinski definition) is 3. The molecule has 4 nitrogen and oxygen atoms in total. The van der Waals surface area contributed by atoms with Crippen molar-refractivity contribution in [2.75, 3.05) is 12.4 Å². The van der Waals surface area contributed by atoms with Gasteiger partial charge in [-0.15, -0.1) is 0 Å². The molecule has 1 N–H and O–H groups in total. The second-order valence-corrected chi connectivity index (χ2v) is 3.72. The summed E-state index contributed by atoms with van der Waals surface area (Å²) in [5.74, 6) is 0. The van der Waals surface area contributed by atoms with Gasteiger partial charge in [-0.2, -0.15) is 18.3 Å². The van der Waals surface area contributed by atoms with Gasteiger partial charge in [0.25, 0.3) is 0 Å². The first-order valence-electron chi connectivity index (χ1n) is 5.17. The molecule has 2 aromatic heterocycles. The van der Waals surface area contributed by atoms with Crippen molar-refractivity contribution in [1.82, 2.24) is 14.8 Å². The SMILES string of the molecule is CNc1ccc(-c2cc(C(F)(F)F)nn2C)nc1. The number of nitrogens with zero attached hydrogens (tertiary/aromatic N) is 3. The van der Waals surface area contributed by atoms with Gasteiger partial charge in [0, 0.05) is 14.1 Å². The van der Waals surface area contributed by atoms with Gasteiger partial charge in [0.05, 0.1) is 23.3 Å². The molecule has 7 heteroatoms. The van der Waals surface area contributed by atoms with Crippen LogP contribution in [-0.2, 0) is 13.2 Å². The Hall–Kier alpha value is -2.05. The van der Waals surface area contributed by atoms with Gasteiger partial charge in [0.15, 0.2) is 5.69 Å². The van der Waals surface area contributed by atoms with Crippen LogP contribution in [-0.4, -0.2) is 21.8 Å². The standard InChI is InChI=1S/C11H11F3N4/c1-15-7-3-4-8(16-6-7)9-5-10(11(12,13)14)17-18(9)2/h3-6,15H,1-2H3. The van der Waals surface area contributed by atoms with E-state index in [0.717, 1.165) is 11.8 Å². The molecule has 2 rings (SSSR count). The lowest BCUT2D eigenvalue weighted by molar-refractivity contribution is -0.141. The minimum atomic E-state index is -4.44. The Morgan fingerprint density at radius 1 is 1.28 bits per heavy atom. The average Bonchev–Trinajstić information content (AvgIpc) is 2.71. The average molecular weight is 256 g/mol. The Morgan fingerprint density at radius 3 is 2.44 bits per heavy atom. The number of nitrogens with one attached hydrogen (secondary N) is 1. The van der Waals surface area contributed by atoms with E-state index in [1.165, 1.54) is 11.7 Å². The molecule has 18 heavy (non-hydrogen) atoms. The fourth-order valence-electron chi connectivity index (χ4n) is 1.54. The Balaban J connectivity index is 2.41. The summed E-state index contributed by atoms with van der Waals surface area (Å²) >= 11 is 0. The van der Waals surface area contributed by atoms with Crippen molar-refractivity contribution < 1.29 is 13.2 Å². The summed E-state index contributed by atoms with van der Waals surface area (Å²) in [7, 11) is 3.20. The summed E-state index contributed by atoms with van der Waals surface area (Å²) in [5, 5.41) is 6.32. The molecule has 96 valence electrons. The van der Waals surface area contributed by atoms with Crippen LogP contribution in [0.4, 0.5) is 18.9 Å². The summed E-state index contributed by atoms with van der Waals surface area (Å²) in [4.78, 5) is 4.09. The lowest BCUT2D eigenvalue weighted by atomic mass is 10.2. The van der Waals surface area contributed by atoms with Crippen LogP contribution in [0, 0.1) is 0 Å². The number of anilines is 1. The monoisotopic (exact) mass is 256 g/mol. The van der Waals surface area contributed by atoms with E-state index >= 15 is 0 Å². The van der Waals surface area contributed by atoms with Crippen molar-refractivity contribution in [3.8, 4) is 11.4 Å². The maximum atomic E-state index is 12.5. The zero-order chi connectivity index (χ0) is 13.3. The van der Waals surface area contributed by atoms with E-state index in [0.29, 0.717) is 11.4 Å². The number of halogens is 3. The topological polar surface area (TPSA) is 42.7 Å². The van der Waals surface area contributed by atoms with Crippen LogP contribution in [0.25, 0.3) is 11.4 Å². The fraction of sp³-hybridized carbons (Fsp3) is 0.273. The van der Waals surface area contributed by atoms with Crippen molar-refractivity contribution in [1.29, 1.82) is 0 Å². The molecule has 0 atom stereocenters. The molecule has 0 spiro atoms. The first-order chi connectivity index (χ1) is 8.41. The lowest BCUT2D eigenvalue weighted by Crippen LogP contribution is -2.06. The molecule has 2 aromatic rings. The second kappa shape index (κ2) is 4.32. The van der Waals surface area contributed by atoms with Crippen LogP contribution in [0.1, 0.15) is 5.69 Å². The number of hydrogen-bond donors (Lipinski definition) is 1. The molecule has 0 fully saturated rings. The molecule has 0 radical (unpaired) electrons. The molecule has 0 saturated heterocycles. The first kappa shape index (κ1) is 12.4. The number of alkyl halides is 3. The molecular formula is C11H11F3N4. The zero-order valence-corrected chi connectivity index (χ0v) is 9.78. The molecule has 0 aliphatic carbocycles. The third-order valence-corrected chi connectivity index (χ3v) is 2.48. The second-order valence-electron chi connectivity index (χ2n) is 3.72. The summed E-state index contributed by atoms with van der Waals surface area (Å²) in [6.45, 7) is 0. The van der Waals surface area contributed by atoms with Crippen molar-refractivity contribution in [3.63, 3.8) is 0 Å². The Kier molecular flexibility index (Phi) is 2.98. The normalized spacial score (nSPS) is 11.6. The molecule has 2 heterocycles. The summed E-state index contributed by atoms with van der Waals surface area (Å²) in [6, 6.07) is 4.37. The van der Waals surface area contributed by atoms with E-state index in [9.17, 15) is 13.2 Å². The quantitative estimate of drug-likeness (QED) is 0.897. The molecule has 0 aliphatic heterocycles. The van der Waals surface area contributed by atoms with Gasteiger partial charge < -0.3 is 5.32 Å². The zero-order valence-electron chi connectivity index (χ0n) is 9.78.